The van der Waals surface area contributed by atoms with Gasteiger partial charge in [0.05, 0.1) is 5.60 Å². The van der Waals surface area contributed by atoms with Gasteiger partial charge in [-0.2, -0.15) is 15.0 Å². The van der Waals surface area contributed by atoms with E-state index in [2.05, 4.69) is 20.3 Å². The molecule has 1 aromatic heterocycles. The van der Waals surface area contributed by atoms with Gasteiger partial charge >= 0.3 is 0 Å². The van der Waals surface area contributed by atoms with E-state index < -0.39 is 5.60 Å². The van der Waals surface area contributed by atoms with Crippen LogP contribution in [0, 0.1) is 0 Å². The van der Waals surface area contributed by atoms with Crippen molar-refractivity contribution in [2.24, 2.45) is 0 Å². The van der Waals surface area contributed by atoms with Crippen molar-refractivity contribution in [1.29, 1.82) is 0 Å². The summed E-state index contributed by atoms with van der Waals surface area (Å²) in [7, 11) is 3.66. The van der Waals surface area contributed by atoms with Crippen LogP contribution in [0.1, 0.15) is 19.3 Å². The number of halogens is 1. The first-order valence-corrected chi connectivity index (χ1v) is 5.91. The van der Waals surface area contributed by atoms with E-state index in [0.29, 0.717) is 18.4 Å². The fraction of sp³-hybridized carbons (Fsp3) is 0.700. The highest BCUT2D eigenvalue weighted by Crippen LogP contribution is 2.31. The van der Waals surface area contributed by atoms with Crippen molar-refractivity contribution < 1.29 is 5.11 Å². The Hall–Kier alpha value is -1.14. The van der Waals surface area contributed by atoms with E-state index in [1.54, 1.807) is 4.90 Å². The molecular weight excluding hydrogens is 242 g/mol. The second kappa shape index (κ2) is 4.62. The second-order valence-corrected chi connectivity index (χ2v) is 4.89. The van der Waals surface area contributed by atoms with Gasteiger partial charge in [0.2, 0.25) is 17.2 Å². The molecule has 7 heteroatoms. The van der Waals surface area contributed by atoms with Crippen molar-refractivity contribution in [2.75, 3.05) is 30.9 Å². The molecule has 0 saturated heterocycles. The third-order valence-electron chi connectivity index (χ3n) is 2.86. The average molecular weight is 258 g/mol. The van der Waals surface area contributed by atoms with E-state index in [-0.39, 0.29) is 5.28 Å². The molecule has 1 aliphatic carbocycles. The molecular formula is C10H16ClN5O. The number of nitrogens with one attached hydrogen (secondary N) is 1. The van der Waals surface area contributed by atoms with Crippen LogP contribution in [0.4, 0.5) is 11.9 Å². The summed E-state index contributed by atoms with van der Waals surface area (Å²) >= 11 is 5.80. The standard InChI is InChI=1S/C10H16ClN5O/c1-16(2)9-14-7(11)13-8(15-9)12-6-10(17)4-3-5-10/h17H,3-6H2,1-2H3,(H,12,13,14,15). The van der Waals surface area contributed by atoms with Crippen LogP contribution in [0.25, 0.3) is 0 Å². The van der Waals surface area contributed by atoms with Gasteiger partial charge in [-0.3, -0.25) is 0 Å². The van der Waals surface area contributed by atoms with Gasteiger partial charge in [0.25, 0.3) is 0 Å². The SMILES string of the molecule is CN(C)c1nc(Cl)nc(NCC2(O)CCC2)n1. The summed E-state index contributed by atoms with van der Waals surface area (Å²) in [5, 5.41) is 13.1. The molecule has 1 aromatic rings. The smallest absolute Gasteiger partial charge is 0.230 e. The highest BCUT2D eigenvalue weighted by Gasteiger charge is 2.34. The van der Waals surface area contributed by atoms with Gasteiger partial charge in [0, 0.05) is 20.6 Å². The van der Waals surface area contributed by atoms with E-state index in [1.165, 1.54) is 0 Å². The van der Waals surface area contributed by atoms with Crippen LogP contribution in [0.5, 0.6) is 0 Å². The Labute approximate surface area is 105 Å². The van der Waals surface area contributed by atoms with Crippen LogP contribution >= 0.6 is 11.6 Å². The van der Waals surface area contributed by atoms with Crippen LogP contribution in [0.15, 0.2) is 0 Å². The van der Waals surface area contributed by atoms with Crippen molar-refractivity contribution in [2.45, 2.75) is 24.9 Å². The molecule has 94 valence electrons. The van der Waals surface area contributed by atoms with E-state index in [0.717, 1.165) is 19.3 Å². The number of hydrogen-bond donors (Lipinski definition) is 2. The van der Waals surface area contributed by atoms with E-state index >= 15 is 0 Å². The molecule has 0 bridgehead atoms. The lowest BCUT2D eigenvalue weighted by molar-refractivity contribution is -0.0203. The first-order valence-electron chi connectivity index (χ1n) is 5.54. The van der Waals surface area contributed by atoms with Gasteiger partial charge < -0.3 is 15.3 Å². The van der Waals surface area contributed by atoms with Crippen LogP contribution in [-0.2, 0) is 0 Å². The van der Waals surface area contributed by atoms with Gasteiger partial charge in [-0.15, -0.1) is 0 Å². The third-order valence-corrected chi connectivity index (χ3v) is 3.03. The summed E-state index contributed by atoms with van der Waals surface area (Å²) < 4.78 is 0. The number of aliphatic hydroxyl groups is 1. The fourth-order valence-corrected chi connectivity index (χ4v) is 1.78. The summed E-state index contributed by atoms with van der Waals surface area (Å²) in [5.74, 6) is 0.891. The van der Waals surface area contributed by atoms with Crippen LogP contribution in [0.3, 0.4) is 0 Å². The molecule has 1 aliphatic rings. The van der Waals surface area contributed by atoms with E-state index in [9.17, 15) is 5.11 Å². The Morgan fingerprint density at radius 2 is 2.06 bits per heavy atom. The molecule has 1 saturated carbocycles. The predicted octanol–water partition coefficient (Wildman–Crippen LogP) is 0.918. The third kappa shape index (κ3) is 2.95. The molecule has 0 atom stereocenters. The molecule has 0 radical (unpaired) electrons. The van der Waals surface area contributed by atoms with Crippen molar-refractivity contribution in [3.63, 3.8) is 0 Å². The maximum atomic E-state index is 9.94. The largest absolute Gasteiger partial charge is 0.388 e. The molecule has 17 heavy (non-hydrogen) atoms. The Balaban J connectivity index is 2.04. The summed E-state index contributed by atoms with van der Waals surface area (Å²) in [6, 6.07) is 0. The lowest BCUT2D eigenvalue weighted by Gasteiger charge is -2.36. The highest BCUT2D eigenvalue weighted by molar-refractivity contribution is 6.28. The Kier molecular flexibility index (Phi) is 3.35. The lowest BCUT2D eigenvalue weighted by atomic mass is 9.80. The molecule has 6 nitrogen and oxygen atoms in total. The predicted molar refractivity (Wildman–Crippen MR) is 66.5 cm³/mol. The molecule has 0 spiro atoms. The molecule has 2 rings (SSSR count). The van der Waals surface area contributed by atoms with E-state index in [4.69, 9.17) is 11.6 Å². The Morgan fingerprint density at radius 3 is 2.59 bits per heavy atom. The number of hydrogen-bond acceptors (Lipinski definition) is 6. The minimum atomic E-state index is -0.614. The summed E-state index contributed by atoms with van der Waals surface area (Å²) in [6.07, 6.45) is 2.71. The molecule has 1 fully saturated rings. The minimum absolute atomic E-state index is 0.145. The molecule has 0 unspecified atom stereocenters. The molecule has 0 aromatic carbocycles. The zero-order chi connectivity index (χ0) is 12.5. The monoisotopic (exact) mass is 257 g/mol. The van der Waals surface area contributed by atoms with Gasteiger partial charge in [-0.1, -0.05) is 0 Å². The molecule has 1 heterocycles. The number of anilines is 2. The highest BCUT2D eigenvalue weighted by atomic mass is 35.5. The van der Waals surface area contributed by atoms with Crippen molar-refractivity contribution >= 4 is 23.5 Å². The quantitative estimate of drug-likeness (QED) is 0.836. The lowest BCUT2D eigenvalue weighted by Crippen LogP contribution is -2.43. The van der Waals surface area contributed by atoms with Gasteiger partial charge in [0.1, 0.15) is 0 Å². The molecule has 2 N–H and O–H groups in total. The van der Waals surface area contributed by atoms with Crippen LogP contribution < -0.4 is 10.2 Å². The van der Waals surface area contributed by atoms with Crippen molar-refractivity contribution in [3.8, 4) is 0 Å². The van der Waals surface area contributed by atoms with Gasteiger partial charge in [-0.25, -0.2) is 0 Å². The Bertz CT molecular complexity index is 408. The summed E-state index contributed by atoms with van der Waals surface area (Å²) in [6.45, 7) is 0.445. The normalized spacial score (nSPS) is 17.4. The molecule has 0 aliphatic heterocycles. The number of rotatable bonds is 4. The summed E-state index contributed by atoms with van der Waals surface area (Å²) in [4.78, 5) is 13.9. The van der Waals surface area contributed by atoms with E-state index in [1.807, 2.05) is 14.1 Å². The average Bonchev–Trinajstić information content (AvgIpc) is 2.23. The first-order chi connectivity index (χ1) is 7.98. The molecule has 0 amide bonds. The number of aromatic nitrogens is 3. The minimum Gasteiger partial charge on any atom is -0.388 e. The maximum absolute atomic E-state index is 9.94. The van der Waals surface area contributed by atoms with Crippen LogP contribution in [0.2, 0.25) is 5.28 Å². The van der Waals surface area contributed by atoms with Gasteiger partial charge in [-0.05, 0) is 30.9 Å². The zero-order valence-corrected chi connectivity index (χ0v) is 10.7. The van der Waals surface area contributed by atoms with Crippen molar-refractivity contribution in [3.05, 3.63) is 5.28 Å². The fourth-order valence-electron chi connectivity index (χ4n) is 1.62. The number of nitrogens with zero attached hydrogens (tertiary/aromatic N) is 4. The van der Waals surface area contributed by atoms with Gasteiger partial charge in [0.15, 0.2) is 0 Å². The Morgan fingerprint density at radius 1 is 1.35 bits per heavy atom. The van der Waals surface area contributed by atoms with Crippen LogP contribution in [-0.4, -0.2) is 46.3 Å². The van der Waals surface area contributed by atoms with Crippen molar-refractivity contribution in [1.82, 2.24) is 15.0 Å². The second-order valence-electron chi connectivity index (χ2n) is 4.55. The topological polar surface area (TPSA) is 74.2 Å². The maximum Gasteiger partial charge on any atom is 0.230 e. The first kappa shape index (κ1) is 12.3. The zero-order valence-electron chi connectivity index (χ0n) is 9.94. The summed E-state index contributed by atoms with van der Waals surface area (Å²) in [5.41, 5.74) is -0.614.